The highest BCUT2D eigenvalue weighted by Gasteiger charge is 2.24. The van der Waals surface area contributed by atoms with Crippen LogP contribution in [-0.4, -0.2) is 35.3 Å². The summed E-state index contributed by atoms with van der Waals surface area (Å²) in [5.41, 5.74) is 12.1. The third-order valence-electron chi connectivity index (χ3n) is 4.11. The Balaban J connectivity index is 1.92. The fourth-order valence-electron chi connectivity index (χ4n) is 2.68. The molecule has 126 valence electrons. The highest BCUT2D eigenvalue weighted by molar-refractivity contribution is 5.97. The Kier molecular flexibility index (Phi) is 5.38. The average molecular weight is 318 g/mol. The standard InChI is InChI=1S/C17H26N4O2/c1-17(2,19)16(23)20-14-7-5-12(6-8-14)10-21-9-3-4-13(11-21)15(18)22/h5-8,13H,3-4,9-11,19H2,1-2H3,(H2,18,22)(H,20,23). The van der Waals surface area contributed by atoms with Crippen molar-refractivity contribution in [1.29, 1.82) is 0 Å². The van der Waals surface area contributed by atoms with Gasteiger partial charge in [-0.15, -0.1) is 0 Å². The maximum Gasteiger partial charge on any atom is 0.243 e. The summed E-state index contributed by atoms with van der Waals surface area (Å²) in [4.78, 5) is 25.4. The maximum absolute atomic E-state index is 11.8. The third-order valence-corrected chi connectivity index (χ3v) is 4.11. The van der Waals surface area contributed by atoms with Crippen LogP contribution in [0.5, 0.6) is 0 Å². The minimum Gasteiger partial charge on any atom is -0.369 e. The molecule has 2 rings (SSSR count). The van der Waals surface area contributed by atoms with Crippen molar-refractivity contribution in [3.63, 3.8) is 0 Å². The van der Waals surface area contributed by atoms with E-state index in [-0.39, 0.29) is 17.7 Å². The minimum absolute atomic E-state index is 0.0471. The molecule has 0 aromatic heterocycles. The number of amides is 2. The zero-order valence-electron chi connectivity index (χ0n) is 13.8. The van der Waals surface area contributed by atoms with E-state index < -0.39 is 5.54 Å². The van der Waals surface area contributed by atoms with Crippen LogP contribution in [0.4, 0.5) is 5.69 Å². The summed E-state index contributed by atoms with van der Waals surface area (Å²) in [6, 6.07) is 7.70. The number of hydrogen-bond acceptors (Lipinski definition) is 4. The molecule has 0 saturated carbocycles. The van der Waals surface area contributed by atoms with E-state index in [1.807, 2.05) is 24.3 Å². The Labute approximate surface area is 137 Å². The second kappa shape index (κ2) is 7.10. The largest absolute Gasteiger partial charge is 0.369 e. The van der Waals surface area contributed by atoms with Crippen LogP contribution in [0, 0.1) is 5.92 Å². The van der Waals surface area contributed by atoms with Crippen molar-refractivity contribution < 1.29 is 9.59 Å². The third kappa shape index (κ3) is 5.04. The average Bonchev–Trinajstić information content (AvgIpc) is 2.48. The fraction of sp³-hybridized carbons (Fsp3) is 0.529. The van der Waals surface area contributed by atoms with Crippen molar-refractivity contribution in [2.45, 2.75) is 38.8 Å². The number of hydrogen-bond donors (Lipinski definition) is 3. The Hall–Kier alpha value is -1.92. The predicted octanol–water partition coefficient (Wildman–Crippen LogP) is 1.06. The van der Waals surface area contributed by atoms with Crippen molar-refractivity contribution >= 4 is 17.5 Å². The van der Waals surface area contributed by atoms with E-state index in [1.165, 1.54) is 0 Å². The van der Waals surface area contributed by atoms with Crippen LogP contribution in [0.15, 0.2) is 24.3 Å². The highest BCUT2D eigenvalue weighted by atomic mass is 16.2. The molecule has 6 nitrogen and oxygen atoms in total. The molecule has 6 heteroatoms. The predicted molar refractivity (Wildman–Crippen MR) is 90.5 cm³/mol. The van der Waals surface area contributed by atoms with E-state index in [2.05, 4.69) is 10.2 Å². The molecule has 1 aromatic rings. The molecule has 23 heavy (non-hydrogen) atoms. The van der Waals surface area contributed by atoms with Gasteiger partial charge in [-0.2, -0.15) is 0 Å². The number of piperidine rings is 1. The second-order valence-corrected chi connectivity index (χ2v) is 6.85. The highest BCUT2D eigenvalue weighted by Crippen LogP contribution is 2.19. The summed E-state index contributed by atoms with van der Waals surface area (Å²) in [5.74, 6) is -0.475. The molecule has 1 saturated heterocycles. The fourth-order valence-corrected chi connectivity index (χ4v) is 2.68. The molecule has 2 amide bonds. The summed E-state index contributed by atoms with van der Waals surface area (Å²) in [6.45, 7) is 5.81. The summed E-state index contributed by atoms with van der Waals surface area (Å²) < 4.78 is 0. The minimum atomic E-state index is -0.907. The maximum atomic E-state index is 11.8. The molecule has 0 spiro atoms. The number of anilines is 1. The molecule has 0 radical (unpaired) electrons. The first-order chi connectivity index (χ1) is 10.8. The lowest BCUT2D eigenvalue weighted by Crippen LogP contribution is -2.45. The summed E-state index contributed by atoms with van der Waals surface area (Å²) in [5, 5.41) is 2.80. The molecule has 1 heterocycles. The van der Waals surface area contributed by atoms with Crippen molar-refractivity contribution in [2.24, 2.45) is 17.4 Å². The van der Waals surface area contributed by atoms with Crippen LogP contribution in [0.1, 0.15) is 32.3 Å². The van der Waals surface area contributed by atoms with Gasteiger partial charge in [0.15, 0.2) is 0 Å². The van der Waals surface area contributed by atoms with Crippen molar-refractivity contribution in [3.05, 3.63) is 29.8 Å². The van der Waals surface area contributed by atoms with Gasteiger partial charge in [-0.3, -0.25) is 14.5 Å². The Morgan fingerprint density at radius 2 is 1.96 bits per heavy atom. The monoisotopic (exact) mass is 318 g/mol. The molecule has 0 bridgehead atoms. The van der Waals surface area contributed by atoms with E-state index in [0.29, 0.717) is 0 Å². The first kappa shape index (κ1) is 17.4. The Bertz CT molecular complexity index is 563. The van der Waals surface area contributed by atoms with Crippen LogP contribution >= 0.6 is 0 Å². The number of likely N-dealkylation sites (tertiary alicyclic amines) is 1. The van der Waals surface area contributed by atoms with E-state index in [1.54, 1.807) is 13.8 Å². The summed E-state index contributed by atoms with van der Waals surface area (Å²) >= 11 is 0. The molecule has 1 fully saturated rings. The SMILES string of the molecule is CC(C)(N)C(=O)Nc1ccc(CN2CCCC(C(N)=O)C2)cc1. The lowest BCUT2D eigenvalue weighted by molar-refractivity contribution is -0.123. The van der Waals surface area contributed by atoms with Crippen LogP contribution in [-0.2, 0) is 16.1 Å². The number of primary amides is 1. The van der Waals surface area contributed by atoms with E-state index in [4.69, 9.17) is 11.5 Å². The molecule has 1 aliphatic heterocycles. The van der Waals surface area contributed by atoms with E-state index in [9.17, 15) is 9.59 Å². The molecule has 0 aliphatic carbocycles. The Morgan fingerprint density at radius 1 is 1.30 bits per heavy atom. The van der Waals surface area contributed by atoms with Crippen LogP contribution in [0.2, 0.25) is 0 Å². The molecule has 1 atom stereocenters. The van der Waals surface area contributed by atoms with Gasteiger partial charge in [-0.25, -0.2) is 0 Å². The Morgan fingerprint density at radius 3 is 2.52 bits per heavy atom. The van der Waals surface area contributed by atoms with Crippen molar-refractivity contribution in [3.8, 4) is 0 Å². The number of carbonyl (C=O) groups is 2. The summed E-state index contributed by atoms with van der Waals surface area (Å²) in [6.07, 6.45) is 1.87. The van der Waals surface area contributed by atoms with Crippen molar-refractivity contribution in [1.82, 2.24) is 4.90 Å². The first-order valence-electron chi connectivity index (χ1n) is 7.96. The molecule has 1 unspecified atom stereocenters. The lowest BCUT2D eigenvalue weighted by Gasteiger charge is -2.31. The van der Waals surface area contributed by atoms with E-state index >= 15 is 0 Å². The van der Waals surface area contributed by atoms with Gasteiger partial charge in [0, 0.05) is 18.8 Å². The number of nitrogens with two attached hydrogens (primary N) is 2. The smallest absolute Gasteiger partial charge is 0.243 e. The number of rotatable bonds is 5. The number of carbonyl (C=O) groups excluding carboxylic acids is 2. The zero-order valence-corrected chi connectivity index (χ0v) is 13.8. The normalized spacial score (nSPS) is 19.3. The van der Waals surface area contributed by atoms with Crippen LogP contribution in [0.25, 0.3) is 0 Å². The lowest BCUT2D eigenvalue weighted by atomic mass is 9.97. The van der Waals surface area contributed by atoms with Gasteiger partial charge in [0.05, 0.1) is 11.5 Å². The van der Waals surface area contributed by atoms with Gasteiger partial charge in [0.1, 0.15) is 0 Å². The van der Waals surface area contributed by atoms with Gasteiger partial charge in [0.25, 0.3) is 0 Å². The van der Waals surface area contributed by atoms with Gasteiger partial charge in [0.2, 0.25) is 11.8 Å². The molecule has 1 aromatic carbocycles. The zero-order chi connectivity index (χ0) is 17.0. The quantitative estimate of drug-likeness (QED) is 0.755. The molecular formula is C17H26N4O2. The number of nitrogens with zero attached hydrogens (tertiary/aromatic N) is 1. The molecule has 1 aliphatic rings. The molecular weight excluding hydrogens is 292 g/mol. The van der Waals surface area contributed by atoms with Crippen LogP contribution in [0.3, 0.4) is 0 Å². The number of nitrogens with one attached hydrogen (secondary N) is 1. The summed E-state index contributed by atoms with van der Waals surface area (Å²) in [7, 11) is 0. The van der Waals surface area contributed by atoms with Gasteiger partial charge in [-0.05, 0) is 50.9 Å². The van der Waals surface area contributed by atoms with Crippen LogP contribution < -0.4 is 16.8 Å². The van der Waals surface area contributed by atoms with Crippen molar-refractivity contribution in [2.75, 3.05) is 18.4 Å². The first-order valence-corrected chi connectivity index (χ1v) is 7.96. The van der Waals surface area contributed by atoms with Gasteiger partial charge >= 0.3 is 0 Å². The topological polar surface area (TPSA) is 101 Å². The van der Waals surface area contributed by atoms with Gasteiger partial charge in [-0.1, -0.05) is 12.1 Å². The number of benzene rings is 1. The van der Waals surface area contributed by atoms with E-state index in [0.717, 1.165) is 43.7 Å². The van der Waals surface area contributed by atoms with Gasteiger partial charge < -0.3 is 16.8 Å². The second-order valence-electron chi connectivity index (χ2n) is 6.85. The molecule has 5 N–H and O–H groups in total.